The molecule has 0 amide bonds. The normalized spacial score (nSPS) is 11.5. The van der Waals surface area contributed by atoms with Gasteiger partial charge < -0.3 is 21.4 Å². The van der Waals surface area contributed by atoms with Crippen LogP contribution in [0.4, 0.5) is 11.4 Å². The SMILES string of the molecule is N#Cc1cc2c3nc4nc(nc5[nH]c(nc6nc(nc([nH]3)c2c(N)c1N)-c1ccccc1-6)c1ccccc51)-c1ccccc1-4.[Co]. The molecule has 8 bridgehead atoms. The second kappa shape index (κ2) is 9.68. The molecule has 7 aromatic rings. The zero-order chi connectivity index (χ0) is 29.5. The summed E-state index contributed by atoms with van der Waals surface area (Å²) in [6.45, 7) is 0. The molecule has 2 aliphatic heterocycles. The van der Waals surface area contributed by atoms with Crippen molar-refractivity contribution in [2.75, 3.05) is 11.5 Å². The molecule has 2 aliphatic rings. The van der Waals surface area contributed by atoms with Crippen molar-refractivity contribution in [3.05, 3.63) is 84.4 Å². The quantitative estimate of drug-likeness (QED) is 0.148. The number of nitrogens with two attached hydrogens (primary N) is 2. The topological polar surface area (TPSA) is 185 Å². The average molecular weight is 629 g/mol. The van der Waals surface area contributed by atoms with Crippen molar-refractivity contribution in [2.45, 2.75) is 0 Å². The number of nitrogens with zero attached hydrogens (tertiary/aromatic N) is 7. The number of hydrogen-bond donors (Lipinski definition) is 4. The second-order valence-corrected chi connectivity index (χ2v) is 10.5. The third-order valence-corrected chi connectivity index (χ3v) is 8.04. The van der Waals surface area contributed by atoms with Crippen molar-refractivity contribution >= 4 is 55.5 Å². The molecule has 0 unspecified atom stereocenters. The van der Waals surface area contributed by atoms with Gasteiger partial charge in [-0.05, 0) is 6.07 Å². The molecule has 4 aromatic carbocycles. The summed E-state index contributed by atoms with van der Waals surface area (Å²) >= 11 is 0. The predicted octanol–water partition coefficient (Wildman–Crippen LogP) is 5.90. The van der Waals surface area contributed by atoms with Crippen molar-refractivity contribution in [1.29, 1.82) is 5.26 Å². The Bertz CT molecular complexity index is 2610. The molecule has 3 aromatic heterocycles. The van der Waals surface area contributed by atoms with Crippen LogP contribution in [0.5, 0.6) is 0 Å². The zero-order valence-corrected chi connectivity index (χ0v) is 24.2. The van der Waals surface area contributed by atoms with Crippen LogP contribution in [0.3, 0.4) is 0 Å². The monoisotopic (exact) mass is 628 g/mol. The van der Waals surface area contributed by atoms with Gasteiger partial charge in [0.05, 0.1) is 22.3 Å². The van der Waals surface area contributed by atoms with E-state index in [1.54, 1.807) is 6.07 Å². The van der Waals surface area contributed by atoms with Crippen molar-refractivity contribution in [3.8, 4) is 51.6 Å². The molecule has 0 spiro atoms. The van der Waals surface area contributed by atoms with Gasteiger partial charge in [-0.3, -0.25) is 0 Å². The zero-order valence-electron chi connectivity index (χ0n) is 23.1. The van der Waals surface area contributed by atoms with Crippen LogP contribution in [0, 0.1) is 11.3 Å². The van der Waals surface area contributed by atoms with Crippen LogP contribution >= 0.6 is 0 Å². The maximum absolute atomic E-state index is 9.80. The fourth-order valence-electron chi connectivity index (χ4n) is 5.94. The van der Waals surface area contributed by atoms with E-state index in [2.05, 4.69) is 16.0 Å². The Morgan fingerprint density at radius 2 is 0.911 bits per heavy atom. The minimum atomic E-state index is 0. The molecule has 0 fully saturated rings. The van der Waals surface area contributed by atoms with E-state index >= 15 is 0 Å². The van der Waals surface area contributed by atoms with Crippen LogP contribution in [0.25, 0.3) is 89.7 Å². The summed E-state index contributed by atoms with van der Waals surface area (Å²) in [6.07, 6.45) is 0. The minimum Gasteiger partial charge on any atom is -0.396 e. The number of nitriles is 1. The summed E-state index contributed by atoms with van der Waals surface area (Å²) in [5.74, 6) is 1.91. The maximum atomic E-state index is 9.80. The number of aromatic amines is 2. The second-order valence-electron chi connectivity index (χ2n) is 10.5. The Morgan fingerprint density at radius 1 is 0.511 bits per heavy atom. The van der Waals surface area contributed by atoms with Crippen LogP contribution in [-0.4, -0.2) is 39.9 Å². The summed E-state index contributed by atoms with van der Waals surface area (Å²) in [5.41, 5.74) is 18.9. The van der Waals surface area contributed by atoms with Gasteiger partial charge in [0.25, 0.3) is 0 Å². The summed E-state index contributed by atoms with van der Waals surface area (Å²) in [6, 6.07) is 27.3. The van der Waals surface area contributed by atoms with E-state index in [-0.39, 0.29) is 33.7 Å². The molecule has 0 saturated carbocycles. The number of nitrogens with one attached hydrogen (secondary N) is 2. The molecule has 12 heteroatoms. The molecule has 0 aliphatic carbocycles. The van der Waals surface area contributed by atoms with Gasteiger partial charge in [-0.25, -0.2) is 29.9 Å². The molecule has 0 atom stereocenters. The molecule has 45 heavy (non-hydrogen) atoms. The molecule has 11 nitrogen and oxygen atoms in total. The van der Waals surface area contributed by atoms with Crippen molar-refractivity contribution in [1.82, 2.24) is 39.9 Å². The number of benzene rings is 4. The first-order chi connectivity index (χ1) is 21.6. The van der Waals surface area contributed by atoms with Crippen LogP contribution in [0.1, 0.15) is 5.56 Å². The Labute approximate surface area is 264 Å². The summed E-state index contributed by atoms with van der Waals surface area (Å²) < 4.78 is 0. The number of nitrogen functional groups attached to an aromatic ring is 2. The fourth-order valence-corrected chi connectivity index (χ4v) is 5.94. The molecule has 6 N–H and O–H groups in total. The Morgan fingerprint density at radius 3 is 1.38 bits per heavy atom. The first kappa shape index (κ1) is 26.5. The third-order valence-electron chi connectivity index (χ3n) is 8.04. The van der Waals surface area contributed by atoms with Crippen LogP contribution in [-0.2, 0) is 16.8 Å². The van der Waals surface area contributed by atoms with Crippen LogP contribution < -0.4 is 11.5 Å². The predicted molar refractivity (Wildman–Crippen MR) is 170 cm³/mol. The minimum absolute atomic E-state index is 0. The van der Waals surface area contributed by atoms with Gasteiger partial charge in [0.2, 0.25) is 0 Å². The smallest absolute Gasteiger partial charge is 0.164 e. The van der Waals surface area contributed by atoms with Gasteiger partial charge in [0.1, 0.15) is 28.7 Å². The molecule has 215 valence electrons. The fraction of sp³-hybridized carbons (Fsp3) is 0. The van der Waals surface area contributed by atoms with Gasteiger partial charge in [-0.1, -0.05) is 72.8 Å². The standard InChI is InChI=1S/C33H19N11.Co/c34-14-15-13-22-23(25(36)24(15)35)33-43-31-21-12-6-5-11-20(21)29(41-31)39-27-17-8-2-1-7-16(17)26(37-27)38-28-18-9-3-4-10-19(18)30(40-28)42-32(22)44-33;/h1-13H,35-36H2,(H2,37,38,39,40,41,42,43,44);. The van der Waals surface area contributed by atoms with E-state index in [0.29, 0.717) is 56.7 Å². The molecule has 5 heterocycles. The number of H-pyrrole nitrogens is 2. The van der Waals surface area contributed by atoms with Gasteiger partial charge in [0.15, 0.2) is 23.3 Å². The number of fused-ring (bicyclic) bond motifs is 20. The summed E-state index contributed by atoms with van der Waals surface area (Å²) in [4.78, 5) is 36.4. The Hall–Kier alpha value is -6.16. The maximum Gasteiger partial charge on any atom is 0.164 e. The first-order valence-corrected chi connectivity index (χ1v) is 13.8. The molecule has 1 radical (unpaired) electrons. The van der Waals surface area contributed by atoms with E-state index in [9.17, 15) is 5.26 Å². The van der Waals surface area contributed by atoms with Gasteiger partial charge in [-0.15, -0.1) is 0 Å². The third kappa shape index (κ3) is 3.82. The average Bonchev–Trinajstić information content (AvgIpc) is 3.78. The summed E-state index contributed by atoms with van der Waals surface area (Å²) in [7, 11) is 0. The number of anilines is 2. The van der Waals surface area contributed by atoms with Crippen molar-refractivity contribution < 1.29 is 16.8 Å². The number of rotatable bonds is 0. The number of aromatic nitrogens is 8. The van der Waals surface area contributed by atoms with Gasteiger partial charge in [0, 0.05) is 55.2 Å². The van der Waals surface area contributed by atoms with Gasteiger partial charge in [-0.2, -0.15) is 5.26 Å². The molecule has 0 saturated heterocycles. The van der Waals surface area contributed by atoms with E-state index in [1.807, 2.05) is 72.8 Å². The van der Waals surface area contributed by atoms with E-state index in [0.717, 1.165) is 33.0 Å². The molecular weight excluding hydrogens is 609 g/mol. The van der Waals surface area contributed by atoms with E-state index < -0.39 is 0 Å². The largest absolute Gasteiger partial charge is 0.396 e. The van der Waals surface area contributed by atoms with Crippen LogP contribution in [0.2, 0.25) is 0 Å². The Kier molecular flexibility index (Phi) is 5.69. The first-order valence-electron chi connectivity index (χ1n) is 13.8. The van der Waals surface area contributed by atoms with E-state index in [4.69, 9.17) is 41.4 Å². The van der Waals surface area contributed by atoms with E-state index in [1.165, 1.54) is 0 Å². The van der Waals surface area contributed by atoms with Crippen molar-refractivity contribution in [2.24, 2.45) is 0 Å². The molecule has 9 rings (SSSR count). The summed E-state index contributed by atoms with van der Waals surface area (Å²) in [5, 5.41) is 12.7. The number of hydrogen-bond acceptors (Lipinski definition) is 9. The van der Waals surface area contributed by atoms with Gasteiger partial charge >= 0.3 is 0 Å². The molecular formula is C33H19CoN11. The van der Waals surface area contributed by atoms with Crippen LogP contribution in [0.15, 0.2) is 78.9 Å². The Balaban J connectivity index is 0.00000300. The van der Waals surface area contributed by atoms with Crippen molar-refractivity contribution in [3.63, 3.8) is 0 Å².